The highest BCUT2D eigenvalue weighted by Gasteiger charge is 2.27. The van der Waals surface area contributed by atoms with Gasteiger partial charge in [0.1, 0.15) is 6.61 Å². The molecule has 0 radical (unpaired) electrons. The van der Waals surface area contributed by atoms with E-state index in [-0.39, 0.29) is 17.9 Å². The molecule has 0 spiro atoms. The molecule has 0 saturated heterocycles. The van der Waals surface area contributed by atoms with Crippen molar-refractivity contribution >= 4 is 11.6 Å². The van der Waals surface area contributed by atoms with Gasteiger partial charge in [0.15, 0.2) is 0 Å². The minimum Gasteiger partial charge on any atom is -0.370 e. The van der Waals surface area contributed by atoms with E-state index in [4.69, 9.17) is 0 Å². The Morgan fingerprint density at radius 3 is 2.62 bits per heavy atom. The topological polar surface area (TPSA) is 99.3 Å². The molecule has 1 aromatic heterocycles. The van der Waals surface area contributed by atoms with Gasteiger partial charge in [-0.05, 0) is 19.1 Å². The quantitative estimate of drug-likeness (QED) is 0.595. The van der Waals surface area contributed by atoms with Gasteiger partial charge >= 0.3 is 6.18 Å². The molecule has 1 N–H and O–H groups in total. The number of benzene rings is 1. The van der Waals surface area contributed by atoms with Crippen LogP contribution in [0.2, 0.25) is 0 Å². The largest absolute Gasteiger partial charge is 0.411 e. The third-order valence-electron chi connectivity index (χ3n) is 3.18. The summed E-state index contributed by atoms with van der Waals surface area (Å²) in [5, 5.41) is 17.1. The van der Waals surface area contributed by atoms with Crippen LogP contribution < -0.4 is 5.32 Å². The molecule has 140 valence electrons. The summed E-state index contributed by atoms with van der Waals surface area (Å²) >= 11 is 0. The molecule has 8 nitrogen and oxygen atoms in total. The third-order valence-corrected chi connectivity index (χ3v) is 3.18. The maximum absolute atomic E-state index is 12.1. The molecule has 1 heterocycles. The number of nitrogens with one attached hydrogen (secondary N) is 1. The molecule has 0 aliphatic heterocycles. The van der Waals surface area contributed by atoms with Gasteiger partial charge < -0.3 is 10.1 Å². The number of non-ortho nitro benzene ring substituents is 1. The predicted octanol–water partition coefficient (Wildman–Crippen LogP) is 2.48. The lowest BCUT2D eigenvalue weighted by Gasteiger charge is -2.14. The Hall–Kier alpha value is -2.95. The highest BCUT2D eigenvalue weighted by Crippen LogP contribution is 2.16. The summed E-state index contributed by atoms with van der Waals surface area (Å²) < 4.78 is 41.9. The van der Waals surface area contributed by atoms with Crippen molar-refractivity contribution in [1.82, 2.24) is 15.1 Å². The number of carbonyl (C=O) groups excluding carboxylic acids is 1. The van der Waals surface area contributed by atoms with E-state index in [1.807, 2.05) is 0 Å². The Bertz CT molecular complexity index is 774. The first-order valence-electron chi connectivity index (χ1n) is 7.40. The molecule has 26 heavy (non-hydrogen) atoms. The van der Waals surface area contributed by atoms with E-state index in [0.29, 0.717) is 5.69 Å². The number of hydrogen-bond acceptors (Lipinski definition) is 5. The molecule has 0 fully saturated rings. The van der Waals surface area contributed by atoms with Crippen LogP contribution >= 0.6 is 0 Å². The number of hydrogen-bond donors (Lipinski definition) is 1. The minimum atomic E-state index is -4.42. The number of nitrogens with zero attached hydrogens (tertiary/aromatic N) is 3. The smallest absolute Gasteiger partial charge is 0.370 e. The van der Waals surface area contributed by atoms with Gasteiger partial charge in [-0.3, -0.25) is 14.9 Å². The second kappa shape index (κ2) is 7.95. The van der Waals surface area contributed by atoms with E-state index < -0.39 is 29.7 Å². The molecule has 11 heteroatoms. The minimum absolute atomic E-state index is 0.0773. The molecule has 1 amide bonds. The van der Waals surface area contributed by atoms with Crippen LogP contribution in [0.25, 0.3) is 5.69 Å². The summed E-state index contributed by atoms with van der Waals surface area (Å²) in [6, 6.07) is 4.92. The number of alkyl halides is 3. The fourth-order valence-electron chi connectivity index (χ4n) is 2.01. The van der Waals surface area contributed by atoms with Gasteiger partial charge in [-0.25, -0.2) is 4.68 Å². The molecular weight excluding hydrogens is 357 g/mol. The van der Waals surface area contributed by atoms with Crippen LogP contribution in [0.15, 0.2) is 36.7 Å². The Kier molecular flexibility index (Phi) is 5.93. The van der Waals surface area contributed by atoms with E-state index in [9.17, 15) is 28.1 Å². The van der Waals surface area contributed by atoms with Crippen LogP contribution in [0.4, 0.5) is 18.9 Å². The van der Waals surface area contributed by atoms with Crippen LogP contribution in [0.1, 0.15) is 17.3 Å². The molecule has 0 bridgehead atoms. The summed E-state index contributed by atoms with van der Waals surface area (Å²) in [5.74, 6) is -0.527. The van der Waals surface area contributed by atoms with Crippen molar-refractivity contribution < 1.29 is 27.6 Å². The first-order chi connectivity index (χ1) is 12.2. The second-order valence-electron chi connectivity index (χ2n) is 5.45. The van der Waals surface area contributed by atoms with Gasteiger partial charge in [0.05, 0.1) is 29.0 Å². The zero-order chi connectivity index (χ0) is 19.3. The van der Waals surface area contributed by atoms with E-state index in [2.05, 4.69) is 15.2 Å². The van der Waals surface area contributed by atoms with Crippen LogP contribution in [-0.2, 0) is 4.74 Å². The Labute approximate surface area is 145 Å². The molecule has 2 rings (SSSR count). The van der Waals surface area contributed by atoms with Gasteiger partial charge in [0, 0.05) is 24.4 Å². The highest BCUT2D eigenvalue weighted by atomic mass is 19.4. The lowest BCUT2D eigenvalue weighted by Crippen LogP contribution is -2.36. The molecule has 0 aliphatic carbocycles. The molecule has 2 aromatic rings. The van der Waals surface area contributed by atoms with Gasteiger partial charge in [-0.2, -0.15) is 18.3 Å². The Morgan fingerprint density at radius 2 is 2.04 bits per heavy atom. The summed E-state index contributed by atoms with van der Waals surface area (Å²) in [5.41, 5.74) is 0.619. The van der Waals surface area contributed by atoms with Crippen LogP contribution in [-0.4, -0.2) is 46.0 Å². The lowest BCUT2D eigenvalue weighted by molar-refractivity contribution is -0.384. The maximum atomic E-state index is 12.1. The molecule has 1 unspecified atom stereocenters. The van der Waals surface area contributed by atoms with E-state index in [0.717, 1.165) is 0 Å². The maximum Gasteiger partial charge on any atom is 0.411 e. The van der Waals surface area contributed by atoms with Crippen molar-refractivity contribution in [3.8, 4) is 5.69 Å². The number of aromatic nitrogens is 2. The molecule has 0 saturated carbocycles. The van der Waals surface area contributed by atoms with Gasteiger partial charge in [0.25, 0.3) is 11.6 Å². The van der Waals surface area contributed by atoms with Gasteiger partial charge in [-0.15, -0.1) is 0 Å². The van der Waals surface area contributed by atoms with Crippen molar-refractivity contribution in [3.63, 3.8) is 0 Å². The average Bonchev–Trinajstić information content (AvgIpc) is 3.03. The van der Waals surface area contributed by atoms with Gasteiger partial charge in [0.2, 0.25) is 0 Å². The summed E-state index contributed by atoms with van der Waals surface area (Å²) in [7, 11) is 0. The molecule has 1 aromatic carbocycles. The summed E-state index contributed by atoms with van der Waals surface area (Å²) in [6.07, 6.45) is -1.74. The summed E-state index contributed by atoms with van der Waals surface area (Å²) in [4.78, 5) is 22.2. The first kappa shape index (κ1) is 19.4. The Balaban J connectivity index is 1.93. The fourth-order valence-corrected chi connectivity index (χ4v) is 2.01. The highest BCUT2D eigenvalue weighted by molar-refractivity contribution is 5.93. The van der Waals surface area contributed by atoms with Crippen LogP contribution in [0.3, 0.4) is 0 Å². The fraction of sp³-hybridized carbons (Fsp3) is 0.333. The SMILES string of the molecule is CC(COCC(F)(F)F)NC(=O)c1cnn(-c2ccc([N+](=O)[O-])cc2)c1. The lowest BCUT2D eigenvalue weighted by atomic mass is 10.2. The van der Waals surface area contributed by atoms with Crippen molar-refractivity contribution in [2.24, 2.45) is 0 Å². The van der Waals surface area contributed by atoms with Crippen molar-refractivity contribution in [2.45, 2.75) is 19.1 Å². The van der Waals surface area contributed by atoms with Crippen LogP contribution in [0, 0.1) is 10.1 Å². The number of ether oxygens (including phenoxy) is 1. The zero-order valence-corrected chi connectivity index (χ0v) is 13.6. The number of carbonyl (C=O) groups is 1. The standard InChI is InChI=1S/C15H15F3N4O4/c1-10(8-26-9-15(16,17)18)20-14(23)11-6-19-21(7-11)12-2-4-13(5-3-12)22(24)25/h2-7,10H,8-9H2,1H3,(H,20,23). The summed E-state index contributed by atoms with van der Waals surface area (Å²) in [6.45, 7) is -0.165. The molecule has 0 aliphatic rings. The predicted molar refractivity (Wildman–Crippen MR) is 84.0 cm³/mol. The van der Waals surface area contributed by atoms with E-state index in [1.54, 1.807) is 0 Å². The first-order valence-corrected chi connectivity index (χ1v) is 7.40. The third kappa shape index (κ3) is 5.55. The van der Waals surface area contributed by atoms with E-state index in [1.165, 1.54) is 48.3 Å². The van der Waals surface area contributed by atoms with Gasteiger partial charge in [-0.1, -0.05) is 0 Å². The number of halogens is 3. The van der Waals surface area contributed by atoms with E-state index >= 15 is 0 Å². The normalized spacial score (nSPS) is 12.6. The monoisotopic (exact) mass is 372 g/mol. The number of nitro benzene ring substituents is 1. The van der Waals surface area contributed by atoms with Crippen molar-refractivity contribution in [1.29, 1.82) is 0 Å². The average molecular weight is 372 g/mol. The number of amides is 1. The second-order valence-corrected chi connectivity index (χ2v) is 5.45. The molecule has 1 atom stereocenters. The number of rotatable bonds is 7. The van der Waals surface area contributed by atoms with Crippen molar-refractivity contribution in [2.75, 3.05) is 13.2 Å². The van der Waals surface area contributed by atoms with Crippen LogP contribution in [0.5, 0.6) is 0 Å². The Morgan fingerprint density at radius 1 is 1.38 bits per heavy atom. The van der Waals surface area contributed by atoms with Crippen molar-refractivity contribution in [3.05, 3.63) is 52.3 Å². The number of nitro groups is 1. The molecular formula is C15H15F3N4O4. The zero-order valence-electron chi connectivity index (χ0n) is 13.6.